The molecule has 2 aromatic carbocycles. The van der Waals surface area contributed by atoms with Crippen molar-refractivity contribution >= 4 is 15.9 Å². The molecule has 1 fully saturated rings. The molecule has 0 unspecified atom stereocenters. The van der Waals surface area contributed by atoms with Gasteiger partial charge in [-0.25, -0.2) is 22.2 Å². The Labute approximate surface area is 177 Å². The number of carbonyl (C=O) groups is 1. The number of benzene rings is 2. The van der Waals surface area contributed by atoms with Gasteiger partial charge in [-0.05, 0) is 37.6 Å². The quantitative estimate of drug-likeness (QED) is 0.624. The van der Waals surface area contributed by atoms with Crippen LogP contribution in [0.1, 0.15) is 34.5 Å². The average molecular weight is 447 g/mol. The Morgan fingerprint density at radius 1 is 1.16 bits per heavy atom. The van der Waals surface area contributed by atoms with Gasteiger partial charge in [0.1, 0.15) is 17.5 Å². The Balaban J connectivity index is 1.66. The van der Waals surface area contributed by atoms with Gasteiger partial charge in [-0.15, -0.1) is 0 Å². The molecule has 2 heterocycles. The SMILES string of the molecule is Cc1nc([C@@H]2C[C@H](NC(=O)c3ccccc3)CN2S(=O)(=O)c2cc(F)cc(F)c2)n[nH]1. The largest absolute Gasteiger partial charge is 0.348 e. The number of halogens is 2. The van der Waals surface area contributed by atoms with E-state index >= 15 is 0 Å². The zero-order valence-corrected chi connectivity index (χ0v) is 17.2. The van der Waals surface area contributed by atoms with E-state index in [1.807, 2.05) is 0 Å². The smallest absolute Gasteiger partial charge is 0.251 e. The molecule has 162 valence electrons. The van der Waals surface area contributed by atoms with Crippen molar-refractivity contribution in [2.24, 2.45) is 0 Å². The van der Waals surface area contributed by atoms with Crippen molar-refractivity contribution in [1.82, 2.24) is 24.8 Å². The topological polar surface area (TPSA) is 108 Å². The first-order chi connectivity index (χ1) is 14.7. The lowest BCUT2D eigenvalue weighted by Gasteiger charge is -2.22. The number of sulfonamides is 1. The number of H-pyrrole nitrogens is 1. The Bertz CT molecular complexity index is 1200. The molecule has 2 N–H and O–H groups in total. The molecule has 0 spiro atoms. The van der Waals surface area contributed by atoms with Crippen LogP contribution >= 0.6 is 0 Å². The van der Waals surface area contributed by atoms with Crippen LogP contribution < -0.4 is 5.32 Å². The molecular formula is C20H19F2N5O3S. The van der Waals surface area contributed by atoms with Crippen LogP contribution in [0.5, 0.6) is 0 Å². The first-order valence-corrected chi connectivity index (χ1v) is 10.9. The van der Waals surface area contributed by atoms with E-state index < -0.39 is 38.6 Å². The molecule has 0 bridgehead atoms. The molecule has 1 aliphatic heterocycles. The first kappa shape index (κ1) is 21.1. The maximum absolute atomic E-state index is 13.7. The van der Waals surface area contributed by atoms with Gasteiger partial charge in [0.2, 0.25) is 10.0 Å². The van der Waals surface area contributed by atoms with Gasteiger partial charge >= 0.3 is 0 Å². The monoisotopic (exact) mass is 447 g/mol. The lowest BCUT2D eigenvalue weighted by atomic mass is 10.1. The molecule has 3 aromatic rings. The lowest BCUT2D eigenvalue weighted by Crippen LogP contribution is -2.38. The zero-order chi connectivity index (χ0) is 22.2. The number of aromatic nitrogens is 3. The van der Waals surface area contributed by atoms with Crippen LogP contribution in [0.25, 0.3) is 0 Å². The van der Waals surface area contributed by atoms with Gasteiger partial charge in [0.05, 0.1) is 10.9 Å². The highest BCUT2D eigenvalue weighted by molar-refractivity contribution is 7.89. The summed E-state index contributed by atoms with van der Waals surface area (Å²) in [5, 5.41) is 9.55. The van der Waals surface area contributed by atoms with E-state index in [0.29, 0.717) is 17.5 Å². The average Bonchev–Trinajstić information content (AvgIpc) is 3.34. The molecular weight excluding hydrogens is 428 g/mol. The van der Waals surface area contributed by atoms with Gasteiger partial charge in [0, 0.05) is 24.2 Å². The van der Waals surface area contributed by atoms with Crippen molar-refractivity contribution in [2.45, 2.75) is 30.3 Å². The number of nitrogens with zero attached hydrogens (tertiary/aromatic N) is 3. The third kappa shape index (κ3) is 4.32. The Kier molecular flexibility index (Phi) is 5.54. The minimum absolute atomic E-state index is 0.0999. The number of carbonyl (C=O) groups excluding carboxylic acids is 1. The summed E-state index contributed by atoms with van der Waals surface area (Å²) in [4.78, 5) is 16.3. The molecule has 0 aliphatic carbocycles. The summed E-state index contributed by atoms with van der Waals surface area (Å²) in [7, 11) is -4.30. The van der Waals surface area contributed by atoms with Crippen molar-refractivity contribution in [3.05, 3.63) is 77.4 Å². The van der Waals surface area contributed by atoms with Crippen LogP contribution in [0.3, 0.4) is 0 Å². The van der Waals surface area contributed by atoms with Gasteiger partial charge in [-0.2, -0.15) is 9.40 Å². The number of nitrogens with one attached hydrogen (secondary N) is 2. The fourth-order valence-corrected chi connectivity index (χ4v) is 5.28. The number of aryl methyl sites for hydroxylation is 1. The third-order valence-corrected chi connectivity index (χ3v) is 6.83. The van der Waals surface area contributed by atoms with E-state index in [9.17, 15) is 22.0 Å². The van der Waals surface area contributed by atoms with E-state index in [0.717, 1.165) is 16.4 Å². The Morgan fingerprint density at radius 3 is 2.45 bits per heavy atom. The number of rotatable bonds is 5. The van der Waals surface area contributed by atoms with Gasteiger partial charge in [-0.1, -0.05) is 18.2 Å². The first-order valence-electron chi connectivity index (χ1n) is 9.47. The molecule has 1 aliphatic rings. The summed E-state index contributed by atoms with van der Waals surface area (Å²) < 4.78 is 54.9. The molecule has 0 radical (unpaired) electrons. The molecule has 1 aromatic heterocycles. The maximum atomic E-state index is 13.7. The van der Waals surface area contributed by atoms with E-state index in [4.69, 9.17) is 0 Å². The van der Waals surface area contributed by atoms with Gasteiger partial charge in [-0.3, -0.25) is 9.89 Å². The molecule has 4 rings (SSSR count). The van der Waals surface area contributed by atoms with Crippen LogP contribution in [0.2, 0.25) is 0 Å². The molecule has 2 atom stereocenters. The number of hydrogen-bond acceptors (Lipinski definition) is 5. The van der Waals surface area contributed by atoms with E-state index in [2.05, 4.69) is 20.5 Å². The molecule has 11 heteroatoms. The van der Waals surface area contributed by atoms with Crippen molar-refractivity contribution in [2.75, 3.05) is 6.54 Å². The van der Waals surface area contributed by atoms with Crippen LogP contribution in [0.15, 0.2) is 53.4 Å². The van der Waals surface area contributed by atoms with Crippen molar-refractivity contribution in [3.8, 4) is 0 Å². The maximum Gasteiger partial charge on any atom is 0.251 e. The summed E-state index contributed by atoms with van der Waals surface area (Å²) in [5.74, 6) is -1.66. The van der Waals surface area contributed by atoms with Crippen LogP contribution in [-0.4, -0.2) is 46.4 Å². The third-order valence-electron chi connectivity index (χ3n) is 4.98. The highest BCUT2D eigenvalue weighted by atomic mass is 32.2. The van der Waals surface area contributed by atoms with Crippen molar-refractivity contribution in [3.63, 3.8) is 0 Å². The van der Waals surface area contributed by atoms with E-state index in [1.165, 1.54) is 0 Å². The molecule has 1 amide bonds. The number of aromatic amines is 1. The highest BCUT2D eigenvalue weighted by Gasteiger charge is 2.43. The summed E-state index contributed by atoms with van der Waals surface area (Å²) in [5.41, 5.74) is 0.432. The minimum atomic E-state index is -4.30. The van der Waals surface area contributed by atoms with Crippen LogP contribution in [-0.2, 0) is 10.0 Å². The molecule has 1 saturated heterocycles. The summed E-state index contributed by atoms with van der Waals surface area (Å²) in [6, 6.07) is 9.25. The van der Waals surface area contributed by atoms with Gasteiger partial charge in [0.15, 0.2) is 5.82 Å². The second-order valence-electron chi connectivity index (χ2n) is 7.25. The number of amides is 1. The highest BCUT2D eigenvalue weighted by Crippen LogP contribution is 2.35. The normalized spacial score (nSPS) is 19.5. The lowest BCUT2D eigenvalue weighted by molar-refractivity contribution is 0.0939. The predicted molar refractivity (Wildman–Crippen MR) is 106 cm³/mol. The predicted octanol–water partition coefficient (Wildman–Crippen LogP) is 2.33. The van der Waals surface area contributed by atoms with Crippen molar-refractivity contribution in [1.29, 1.82) is 0 Å². The molecule has 0 saturated carbocycles. The minimum Gasteiger partial charge on any atom is -0.348 e. The number of hydrogen-bond donors (Lipinski definition) is 2. The second-order valence-corrected chi connectivity index (χ2v) is 9.14. The van der Waals surface area contributed by atoms with Crippen LogP contribution in [0.4, 0.5) is 8.78 Å². The Morgan fingerprint density at radius 2 is 1.84 bits per heavy atom. The fourth-order valence-electron chi connectivity index (χ4n) is 3.59. The van der Waals surface area contributed by atoms with Gasteiger partial charge < -0.3 is 5.32 Å². The summed E-state index contributed by atoms with van der Waals surface area (Å²) in [6.07, 6.45) is 0.201. The van der Waals surface area contributed by atoms with Crippen LogP contribution in [0, 0.1) is 18.6 Å². The second kappa shape index (κ2) is 8.16. The van der Waals surface area contributed by atoms with Gasteiger partial charge in [0.25, 0.3) is 5.91 Å². The fraction of sp³-hybridized carbons (Fsp3) is 0.250. The van der Waals surface area contributed by atoms with E-state index in [-0.39, 0.29) is 24.7 Å². The molecule has 31 heavy (non-hydrogen) atoms. The standard InChI is InChI=1S/C20H19F2N5O3S/c1-12-23-19(26-25-12)18-10-16(24-20(28)13-5-3-2-4-6-13)11-27(18)31(29,30)17-8-14(21)7-15(22)9-17/h2-9,16,18H,10-11H2,1H3,(H,24,28)(H,23,25,26)/t16-,18-/m0/s1. The Hall–Kier alpha value is -3.18. The summed E-state index contributed by atoms with van der Waals surface area (Å²) >= 11 is 0. The van der Waals surface area contributed by atoms with Crippen molar-refractivity contribution < 1.29 is 22.0 Å². The molecule has 8 nitrogen and oxygen atoms in total. The van der Waals surface area contributed by atoms with E-state index in [1.54, 1.807) is 37.3 Å². The zero-order valence-electron chi connectivity index (χ0n) is 16.4. The summed E-state index contributed by atoms with van der Waals surface area (Å²) in [6.45, 7) is 1.57.